The molecule has 0 bridgehead atoms. The van der Waals surface area contributed by atoms with E-state index in [1.54, 1.807) is 23.9 Å². The molecule has 34 heavy (non-hydrogen) atoms. The fourth-order valence-electron chi connectivity index (χ4n) is 5.67. The van der Waals surface area contributed by atoms with Crippen LogP contribution in [0.15, 0.2) is 40.2 Å². The molecule has 3 aliphatic rings. The number of hydrogen-bond donors (Lipinski definition) is 0. The van der Waals surface area contributed by atoms with Gasteiger partial charge in [-0.05, 0) is 93.3 Å². The van der Waals surface area contributed by atoms with Crippen LogP contribution in [-0.4, -0.2) is 32.6 Å². The average Bonchev–Trinajstić information content (AvgIpc) is 3.30. The molecule has 1 aromatic carbocycles. The van der Waals surface area contributed by atoms with Crippen LogP contribution in [0, 0.1) is 19.7 Å². The molecule has 2 aromatic rings. The molecule has 0 atom stereocenters. The minimum Gasteiger partial charge on any atom is -0.318 e. The average molecular weight is 480 g/mol. The van der Waals surface area contributed by atoms with Gasteiger partial charge in [0.25, 0.3) is 5.91 Å². The van der Waals surface area contributed by atoms with E-state index in [4.69, 9.17) is 4.99 Å². The number of rotatable bonds is 4. The van der Waals surface area contributed by atoms with Crippen molar-refractivity contribution in [1.82, 2.24) is 9.47 Å². The summed E-state index contributed by atoms with van der Waals surface area (Å²) in [7, 11) is 0. The van der Waals surface area contributed by atoms with Crippen LogP contribution in [0.2, 0.25) is 0 Å². The first kappa shape index (κ1) is 23.4. The van der Waals surface area contributed by atoms with E-state index < -0.39 is 0 Å². The maximum absolute atomic E-state index is 13.7. The number of carbonyl (C=O) groups is 1. The minimum atomic E-state index is -0.242. The normalized spacial score (nSPS) is 22.9. The number of halogens is 1. The second-order valence-corrected chi connectivity index (χ2v) is 10.9. The summed E-state index contributed by atoms with van der Waals surface area (Å²) in [6.07, 6.45) is 13.9. The van der Waals surface area contributed by atoms with Gasteiger partial charge in [0.05, 0.1) is 10.9 Å². The van der Waals surface area contributed by atoms with Crippen molar-refractivity contribution < 1.29 is 9.18 Å². The lowest BCUT2D eigenvalue weighted by molar-refractivity contribution is -0.124. The van der Waals surface area contributed by atoms with Crippen LogP contribution in [-0.2, 0) is 4.79 Å². The van der Waals surface area contributed by atoms with Gasteiger partial charge in [0.2, 0.25) is 0 Å². The molecular weight excluding hydrogens is 445 g/mol. The molecule has 2 heterocycles. The Hall–Kier alpha value is -2.34. The van der Waals surface area contributed by atoms with Gasteiger partial charge in [-0.3, -0.25) is 14.7 Å². The van der Waals surface area contributed by atoms with Crippen molar-refractivity contribution in [3.05, 3.63) is 58.0 Å². The molecular formula is C28H34FN3OS. The standard InChI is InChI=1S/C28H34FN3OS/c1-19-17-21(20(2)31(19)25-15-13-22(29)14-16-25)18-26-27(33)32(24-11-7-4-8-12-24)28(34-26)30-23-9-5-3-6-10-23/h13-18,23-24H,3-12H2,1-2H3. The Bertz CT molecular complexity index is 1110. The first-order chi connectivity index (χ1) is 16.5. The van der Waals surface area contributed by atoms with Gasteiger partial charge in [-0.2, -0.15) is 0 Å². The molecule has 1 amide bonds. The van der Waals surface area contributed by atoms with Gasteiger partial charge >= 0.3 is 0 Å². The van der Waals surface area contributed by atoms with E-state index >= 15 is 0 Å². The first-order valence-corrected chi connectivity index (χ1v) is 13.6. The van der Waals surface area contributed by atoms with Crippen molar-refractivity contribution >= 4 is 28.9 Å². The van der Waals surface area contributed by atoms with Crippen LogP contribution in [0.5, 0.6) is 0 Å². The van der Waals surface area contributed by atoms with Crippen molar-refractivity contribution in [1.29, 1.82) is 0 Å². The molecule has 5 rings (SSSR count). The number of benzene rings is 1. The number of hydrogen-bond acceptors (Lipinski definition) is 3. The number of carbonyl (C=O) groups excluding carboxylic acids is 1. The third-order valence-corrected chi connectivity index (χ3v) is 8.48. The van der Waals surface area contributed by atoms with Crippen LogP contribution >= 0.6 is 11.8 Å². The highest BCUT2D eigenvalue weighted by molar-refractivity contribution is 8.18. The molecule has 0 unspecified atom stereocenters. The van der Waals surface area contributed by atoms with Crippen molar-refractivity contribution in [2.75, 3.05) is 0 Å². The highest BCUT2D eigenvalue weighted by Gasteiger charge is 2.39. The maximum Gasteiger partial charge on any atom is 0.267 e. The molecule has 0 N–H and O–H groups in total. The molecule has 2 aliphatic carbocycles. The van der Waals surface area contributed by atoms with Crippen LogP contribution in [0.4, 0.5) is 4.39 Å². The third-order valence-electron chi connectivity index (χ3n) is 7.49. The number of amides is 1. The predicted molar refractivity (Wildman–Crippen MR) is 139 cm³/mol. The zero-order chi connectivity index (χ0) is 23.7. The van der Waals surface area contributed by atoms with E-state index in [9.17, 15) is 9.18 Å². The summed E-state index contributed by atoms with van der Waals surface area (Å²) in [6, 6.07) is 9.29. The molecule has 4 nitrogen and oxygen atoms in total. The summed E-state index contributed by atoms with van der Waals surface area (Å²) in [5.74, 6) is -0.132. The molecule has 2 saturated carbocycles. The Kier molecular flexibility index (Phi) is 6.96. The highest BCUT2D eigenvalue weighted by atomic mass is 32.2. The molecule has 6 heteroatoms. The van der Waals surface area contributed by atoms with Crippen molar-refractivity contribution in [3.63, 3.8) is 0 Å². The highest BCUT2D eigenvalue weighted by Crippen LogP contribution is 2.39. The van der Waals surface area contributed by atoms with E-state index in [0.29, 0.717) is 6.04 Å². The van der Waals surface area contributed by atoms with Crippen molar-refractivity contribution in [2.24, 2.45) is 4.99 Å². The van der Waals surface area contributed by atoms with Crippen LogP contribution < -0.4 is 0 Å². The summed E-state index contributed by atoms with van der Waals surface area (Å²) >= 11 is 1.56. The van der Waals surface area contributed by atoms with Gasteiger partial charge in [0.1, 0.15) is 5.82 Å². The summed E-state index contributed by atoms with van der Waals surface area (Å²) in [4.78, 5) is 21.6. The number of nitrogens with zero attached hydrogens (tertiary/aromatic N) is 3. The fraction of sp³-hybridized carbons (Fsp3) is 0.500. The second kappa shape index (κ2) is 10.1. The lowest BCUT2D eigenvalue weighted by Crippen LogP contribution is -2.41. The van der Waals surface area contributed by atoms with Crippen molar-refractivity contribution in [3.8, 4) is 5.69 Å². The fourth-order valence-corrected chi connectivity index (χ4v) is 6.77. The largest absolute Gasteiger partial charge is 0.318 e. The lowest BCUT2D eigenvalue weighted by Gasteiger charge is -2.31. The Morgan fingerprint density at radius 2 is 1.62 bits per heavy atom. The van der Waals surface area contributed by atoms with Gasteiger partial charge in [0, 0.05) is 23.1 Å². The molecule has 0 radical (unpaired) electrons. The van der Waals surface area contributed by atoms with Gasteiger partial charge in [0.15, 0.2) is 5.17 Å². The lowest BCUT2D eigenvalue weighted by atomic mass is 9.94. The van der Waals surface area contributed by atoms with E-state index in [0.717, 1.165) is 58.4 Å². The topological polar surface area (TPSA) is 37.6 Å². The number of thioether (sulfide) groups is 1. The molecule has 180 valence electrons. The summed E-state index contributed by atoms with van der Waals surface area (Å²) in [6.45, 7) is 4.11. The Morgan fingerprint density at radius 1 is 0.971 bits per heavy atom. The molecule has 1 saturated heterocycles. The first-order valence-electron chi connectivity index (χ1n) is 12.8. The van der Waals surface area contributed by atoms with Crippen LogP contribution in [0.25, 0.3) is 11.8 Å². The zero-order valence-corrected chi connectivity index (χ0v) is 21.0. The van der Waals surface area contributed by atoms with E-state index in [-0.39, 0.29) is 17.8 Å². The quantitative estimate of drug-likeness (QED) is 0.436. The smallest absolute Gasteiger partial charge is 0.267 e. The third kappa shape index (κ3) is 4.74. The molecule has 1 aliphatic heterocycles. The number of aromatic nitrogens is 1. The van der Waals surface area contributed by atoms with Gasteiger partial charge < -0.3 is 4.57 Å². The van der Waals surface area contributed by atoms with Crippen LogP contribution in [0.1, 0.15) is 81.2 Å². The van der Waals surface area contributed by atoms with Gasteiger partial charge in [-0.1, -0.05) is 38.5 Å². The number of amidine groups is 1. The number of aliphatic imine (C=N–C) groups is 1. The van der Waals surface area contributed by atoms with Gasteiger partial charge in [-0.15, -0.1) is 0 Å². The molecule has 1 aromatic heterocycles. The maximum atomic E-state index is 13.7. The molecule has 3 fully saturated rings. The summed E-state index contributed by atoms with van der Waals surface area (Å²) < 4.78 is 15.6. The molecule has 0 spiro atoms. The van der Waals surface area contributed by atoms with E-state index in [2.05, 4.69) is 17.6 Å². The van der Waals surface area contributed by atoms with Gasteiger partial charge in [-0.25, -0.2) is 4.39 Å². The Balaban J connectivity index is 1.48. The van der Waals surface area contributed by atoms with E-state index in [1.807, 2.05) is 17.9 Å². The van der Waals surface area contributed by atoms with Crippen molar-refractivity contribution in [2.45, 2.75) is 90.1 Å². The van der Waals surface area contributed by atoms with Crippen LogP contribution in [0.3, 0.4) is 0 Å². The summed E-state index contributed by atoms with van der Waals surface area (Å²) in [5, 5.41) is 0.919. The number of aryl methyl sites for hydroxylation is 1. The predicted octanol–water partition coefficient (Wildman–Crippen LogP) is 7.17. The summed E-state index contributed by atoms with van der Waals surface area (Å²) in [5.41, 5.74) is 4.06. The monoisotopic (exact) mass is 479 g/mol. The minimum absolute atomic E-state index is 0.109. The Morgan fingerprint density at radius 3 is 2.29 bits per heavy atom. The zero-order valence-electron chi connectivity index (χ0n) is 20.2. The SMILES string of the molecule is Cc1cc(C=C2SC(=NC3CCCCC3)N(C3CCCCC3)C2=O)c(C)n1-c1ccc(F)cc1. The van der Waals surface area contributed by atoms with E-state index in [1.165, 1.54) is 50.7 Å². The Labute approximate surface area is 206 Å². The second-order valence-electron chi connectivity index (χ2n) is 9.92.